The van der Waals surface area contributed by atoms with Crippen LogP contribution in [0.2, 0.25) is 0 Å². The average Bonchev–Trinajstić information content (AvgIpc) is 3.10. The highest BCUT2D eigenvalue weighted by atomic mass is 35.5. The second kappa shape index (κ2) is 7.45. The van der Waals surface area contributed by atoms with Gasteiger partial charge in [0.1, 0.15) is 11.2 Å². The highest BCUT2D eigenvalue weighted by Gasteiger charge is 2.24. The Morgan fingerprint density at radius 3 is 2.88 bits per heavy atom. The fraction of sp³-hybridized carbons (Fsp3) is 0.353. The molecule has 1 aliphatic heterocycles. The van der Waals surface area contributed by atoms with Gasteiger partial charge >= 0.3 is 0 Å². The van der Waals surface area contributed by atoms with Gasteiger partial charge in [-0.25, -0.2) is 19.9 Å². The summed E-state index contributed by atoms with van der Waals surface area (Å²) in [5.74, 6) is 3.83. The predicted octanol–water partition coefficient (Wildman–Crippen LogP) is 2.10. The summed E-state index contributed by atoms with van der Waals surface area (Å²) in [6.45, 7) is 2.44. The third-order valence-electron chi connectivity index (χ3n) is 3.87. The van der Waals surface area contributed by atoms with Gasteiger partial charge in [-0.1, -0.05) is 5.92 Å². The van der Waals surface area contributed by atoms with E-state index in [0.29, 0.717) is 23.2 Å². The van der Waals surface area contributed by atoms with Gasteiger partial charge < -0.3 is 10.2 Å². The lowest BCUT2D eigenvalue weighted by atomic mass is 10.2. The first-order valence-corrected chi connectivity index (χ1v) is 8.35. The van der Waals surface area contributed by atoms with Crippen molar-refractivity contribution in [3.05, 3.63) is 24.7 Å². The lowest BCUT2D eigenvalue weighted by molar-refractivity contribution is -0.115. The van der Waals surface area contributed by atoms with Crippen LogP contribution in [0, 0.1) is 12.3 Å². The number of terminal acetylenes is 1. The third kappa shape index (κ3) is 3.86. The van der Waals surface area contributed by atoms with Gasteiger partial charge in [0.25, 0.3) is 0 Å². The fourth-order valence-corrected chi connectivity index (χ4v) is 2.61. The number of halogens is 1. The number of carbonyl (C=O) groups excluding carboxylic acids is 1. The van der Waals surface area contributed by atoms with Gasteiger partial charge in [0.2, 0.25) is 11.9 Å². The molecule has 0 aromatic carbocycles. The Kier molecular flexibility index (Phi) is 5.10. The van der Waals surface area contributed by atoms with E-state index in [1.807, 2.05) is 4.90 Å². The molecule has 0 aliphatic carbocycles. The van der Waals surface area contributed by atoms with Crippen LogP contribution in [0.5, 0.6) is 0 Å². The molecule has 1 amide bonds. The number of hydrogen-bond acceptors (Lipinski definition) is 6. The SMILES string of the molecule is C#CC1CCCN1c1ncc(-c2nccc(NC(=O)C(C)Cl)n2)cn1. The molecular formula is C17H17ClN6O. The number of nitrogens with one attached hydrogen (secondary N) is 1. The normalized spacial score (nSPS) is 17.8. The molecule has 1 fully saturated rings. The van der Waals surface area contributed by atoms with Crippen molar-refractivity contribution in [2.24, 2.45) is 0 Å². The van der Waals surface area contributed by atoms with E-state index in [1.165, 1.54) is 0 Å². The predicted molar refractivity (Wildman–Crippen MR) is 96.2 cm³/mol. The number of hydrogen-bond donors (Lipinski definition) is 1. The lowest BCUT2D eigenvalue weighted by Gasteiger charge is -2.20. The summed E-state index contributed by atoms with van der Waals surface area (Å²) in [4.78, 5) is 30.9. The molecule has 2 unspecified atom stereocenters. The lowest BCUT2D eigenvalue weighted by Crippen LogP contribution is -2.29. The maximum atomic E-state index is 11.7. The number of carbonyl (C=O) groups is 1. The van der Waals surface area contributed by atoms with Gasteiger partial charge in [-0.15, -0.1) is 18.0 Å². The van der Waals surface area contributed by atoms with E-state index in [9.17, 15) is 4.79 Å². The van der Waals surface area contributed by atoms with Crippen LogP contribution in [-0.2, 0) is 4.79 Å². The van der Waals surface area contributed by atoms with Crippen molar-refractivity contribution >= 4 is 29.3 Å². The van der Waals surface area contributed by atoms with Gasteiger partial charge in [-0.2, -0.15) is 0 Å². The van der Waals surface area contributed by atoms with Crippen molar-refractivity contribution in [1.29, 1.82) is 0 Å². The van der Waals surface area contributed by atoms with Gasteiger partial charge in [0, 0.05) is 25.1 Å². The van der Waals surface area contributed by atoms with Crippen LogP contribution in [0.25, 0.3) is 11.4 Å². The maximum Gasteiger partial charge on any atom is 0.243 e. The number of amides is 1. The van der Waals surface area contributed by atoms with E-state index in [4.69, 9.17) is 18.0 Å². The van der Waals surface area contributed by atoms with Crippen LogP contribution in [0.3, 0.4) is 0 Å². The van der Waals surface area contributed by atoms with Crippen LogP contribution in [0.1, 0.15) is 19.8 Å². The number of rotatable bonds is 4. The second-order valence-electron chi connectivity index (χ2n) is 5.66. The molecule has 0 spiro atoms. The molecule has 0 bridgehead atoms. The van der Waals surface area contributed by atoms with Crippen molar-refractivity contribution in [3.63, 3.8) is 0 Å². The molecule has 1 saturated heterocycles. The van der Waals surface area contributed by atoms with Crippen LogP contribution < -0.4 is 10.2 Å². The summed E-state index contributed by atoms with van der Waals surface area (Å²) in [7, 11) is 0. The van der Waals surface area contributed by atoms with Gasteiger partial charge in [0.05, 0.1) is 11.6 Å². The van der Waals surface area contributed by atoms with Crippen LogP contribution in [0.4, 0.5) is 11.8 Å². The summed E-state index contributed by atoms with van der Waals surface area (Å²) in [5.41, 5.74) is 0.648. The van der Waals surface area contributed by atoms with Crippen LogP contribution in [-0.4, -0.2) is 43.8 Å². The quantitative estimate of drug-likeness (QED) is 0.667. The Morgan fingerprint density at radius 2 is 2.20 bits per heavy atom. The van der Waals surface area contributed by atoms with Crippen molar-refractivity contribution in [3.8, 4) is 23.7 Å². The van der Waals surface area contributed by atoms with E-state index in [1.54, 1.807) is 31.6 Å². The van der Waals surface area contributed by atoms with Crippen molar-refractivity contribution < 1.29 is 4.79 Å². The minimum atomic E-state index is -0.648. The molecule has 3 rings (SSSR count). The van der Waals surface area contributed by atoms with Crippen molar-refractivity contribution in [1.82, 2.24) is 19.9 Å². The first-order chi connectivity index (χ1) is 12.1. The molecule has 3 heterocycles. The van der Waals surface area contributed by atoms with Crippen LogP contribution in [0.15, 0.2) is 24.7 Å². The Hall–Kier alpha value is -2.72. The fourth-order valence-electron chi connectivity index (χ4n) is 2.56. The minimum Gasteiger partial charge on any atom is -0.327 e. The molecule has 8 heteroatoms. The van der Waals surface area contributed by atoms with Crippen molar-refractivity contribution in [2.75, 3.05) is 16.8 Å². The summed E-state index contributed by atoms with van der Waals surface area (Å²) in [6, 6.07) is 1.63. The maximum absolute atomic E-state index is 11.7. The van der Waals surface area contributed by atoms with Gasteiger partial charge in [0.15, 0.2) is 5.82 Å². The zero-order chi connectivity index (χ0) is 17.8. The van der Waals surface area contributed by atoms with E-state index in [-0.39, 0.29) is 11.9 Å². The highest BCUT2D eigenvalue weighted by Crippen LogP contribution is 2.23. The molecule has 0 saturated carbocycles. The topological polar surface area (TPSA) is 83.9 Å². The zero-order valence-electron chi connectivity index (χ0n) is 13.7. The molecule has 1 aliphatic rings. The first kappa shape index (κ1) is 17.1. The van der Waals surface area contributed by atoms with E-state index in [0.717, 1.165) is 19.4 Å². The Morgan fingerprint density at radius 1 is 1.44 bits per heavy atom. The van der Waals surface area contributed by atoms with Crippen LogP contribution >= 0.6 is 11.6 Å². The molecular weight excluding hydrogens is 340 g/mol. The Bertz CT molecular complexity index is 802. The number of nitrogens with zero attached hydrogens (tertiary/aromatic N) is 5. The third-order valence-corrected chi connectivity index (χ3v) is 4.06. The molecule has 2 aromatic heterocycles. The average molecular weight is 357 g/mol. The standard InChI is InChI=1S/C17H17ClN6O/c1-3-13-5-4-8-24(13)17-20-9-12(10-21-17)15-19-7-6-14(22-15)23-16(25)11(2)18/h1,6-7,9-11,13H,4-5,8H2,2H3,(H,19,22,23,25). The number of anilines is 2. The number of aromatic nitrogens is 4. The molecule has 0 radical (unpaired) electrons. The molecule has 7 nitrogen and oxygen atoms in total. The number of alkyl halides is 1. The van der Waals surface area contributed by atoms with E-state index < -0.39 is 5.38 Å². The zero-order valence-corrected chi connectivity index (χ0v) is 14.4. The summed E-state index contributed by atoms with van der Waals surface area (Å²) in [5, 5.41) is 1.98. The Labute approximate surface area is 150 Å². The minimum absolute atomic E-state index is 0.0400. The largest absolute Gasteiger partial charge is 0.327 e. The smallest absolute Gasteiger partial charge is 0.243 e. The van der Waals surface area contributed by atoms with Crippen molar-refractivity contribution in [2.45, 2.75) is 31.2 Å². The summed E-state index contributed by atoms with van der Waals surface area (Å²) < 4.78 is 0. The molecule has 2 aromatic rings. The first-order valence-electron chi connectivity index (χ1n) is 7.91. The molecule has 25 heavy (non-hydrogen) atoms. The Balaban J connectivity index is 1.78. The van der Waals surface area contributed by atoms with E-state index >= 15 is 0 Å². The monoisotopic (exact) mass is 356 g/mol. The summed E-state index contributed by atoms with van der Waals surface area (Å²) in [6.07, 6.45) is 12.4. The highest BCUT2D eigenvalue weighted by molar-refractivity contribution is 6.32. The van der Waals surface area contributed by atoms with Gasteiger partial charge in [-0.3, -0.25) is 4.79 Å². The molecule has 1 N–H and O–H groups in total. The molecule has 2 atom stereocenters. The van der Waals surface area contributed by atoms with E-state index in [2.05, 4.69) is 31.2 Å². The molecule has 128 valence electrons. The summed E-state index contributed by atoms with van der Waals surface area (Å²) >= 11 is 5.74. The van der Waals surface area contributed by atoms with Gasteiger partial charge in [-0.05, 0) is 25.8 Å². The second-order valence-corrected chi connectivity index (χ2v) is 6.32.